The maximum atomic E-state index is 11.3. The molecule has 1 saturated carbocycles. The summed E-state index contributed by atoms with van der Waals surface area (Å²) in [6.45, 7) is 0.891. The van der Waals surface area contributed by atoms with Crippen LogP contribution in [-0.4, -0.2) is 30.9 Å². The molecule has 0 saturated heterocycles. The molecule has 0 aliphatic heterocycles. The zero-order chi connectivity index (χ0) is 12.3. The summed E-state index contributed by atoms with van der Waals surface area (Å²) in [5.41, 5.74) is 1.26. The van der Waals surface area contributed by atoms with Gasteiger partial charge in [0.25, 0.3) is 0 Å². The molecular weight excluding hydrogens is 214 g/mol. The van der Waals surface area contributed by atoms with E-state index in [1.165, 1.54) is 5.56 Å². The molecule has 0 radical (unpaired) electrons. The minimum atomic E-state index is 0.400. The highest BCUT2D eigenvalue weighted by Crippen LogP contribution is 2.21. The molecule has 1 aromatic carbocycles. The Morgan fingerprint density at radius 3 is 2.59 bits per heavy atom. The van der Waals surface area contributed by atoms with E-state index in [4.69, 9.17) is 4.74 Å². The maximum absolute atomic E-state index is 11.3. The van der Waals surface area contributed by atoms with Gasteiger partial charge in [0.2, 0.25) is 0 Å². The molecule has 2 rings (SSSR count). The van der Waals surface area contributed by atoms with Crippen molar-refractivity contribution in [1.82, 2.24) is 4.90 Å². The molecule has 1 atom stereocenters. The van der Waals surface area contributed by atoms with Crippen molar-refractivity contribution in [2.24, 2.45) is 0 Å². The van der Waals surface area contributed by atoms with Crippen LogP contribution in [0.15, 0.2) is 24.3 Å². The second-order valence-corrected chi connectivity index (χ2v) is 4.70. The largest absolute Gasteiger partial charge is 0.497 e. The quantitative estimate of drug-likeness (QED) is 0.799. The van der Waals surface area contributed by atoms with E-state index in [0.29, 0.717) is 18.2 Å². The Balaban J connectivity index is 1.93. The Hall–Kier alpha value is -1.35. The van der Waals surface area contributed by atoms with E-state index in [9.17, 15) is 4.79 Å². The van der Waals surface area contributed by atoms with Crippen LogP contribution in [0.25, 0.3) is 0 Å². The number of carbonyl (C=O) groups excluding carboxylic acids is 1. The van der Waals surface area contributed by atoms with Gasteiger partial charge >= 0.3 is 0 Å². The molecule has 17 heavy (non-hydrogen) atoms. The standard InChI is InChI=1S/C14H19NO2/c1-15(12-5-6-13(16)9-12)10-11-3-7-14(17-2)8-4-11/h3-4,7-8,12H,5-6,9-10H2,1-2H3. The Morgan fingerprint density at radius 1 is 1.35 bits per heavy atom. The lowest BCUT2D eigenvalue weighted by atomic mass is 10.1. The highest BCUT2D eigenvalue weighted by Gasteiger charge is 2.25. The van der Waals surface area contributed by atoms with E-state index in [-0.39, 0.29) is 0 Å². The van der Waals surface area contributed by atoms with Gasteiger partial charge in [-0.15, -0.1) is 0 Å². The molecule has 92 valence electrons. The second kappa shape index (κ2) is 5.32. The number of carbonyl (C=O) groups is 1. The third-order valence-electron chi connectivity index (χ3n) is 3.43. The number of ketones is 1. The van der Waals surface area contributed by atoms with Crippen LogP contribution < -0.4 is 4.74 Å². The zero-order valence-electron chi connectivity index (χ0n) is 10.5. The first kappa shape index (κ1) is 12.1. The number of nitrogens with zero attached hydrogens (tertiary/aromatic N) is 1. The van der Waals surface area contributed by atoms with Gasteiger partial charge in [-0.1, -0.05) is 12.1 Å². The predicted molar refractivity (Wildman–Crippen MR) is 67.1 cm³/mol. The highest BCUT2D eigenvalue weighted by atomic mass is 16.5. The molecule has 0 N–H and O–H groups in total. The summed E-state index contributed by atoms with van der Waals surface area (Å²) in [6.07, 6.45) is 2.47. The lowest BCUT2D eigenvalue weighted by Gasteiger charge is -2.23. The molecule has 0 amide bonds. The summed E-state index contributed by atoms with van der Waals surface area (Å²) < 4.78 is 5.13. The first-order valence-electron chi connectivity index (χ1n) is 6.04. The van der Waals surface area contributed by atoms with Crippen LogP contribution in [0.4, 0.5) is 0 Å². The minimum absolute atomic E-state index is 0.400. The van der Waals surface area contributed by atoms with Crippen molar-refractivity contribution >= 4 is 5.78 Å². The number of benzene rings is 1. The van der Waals surface area contributed by atoms with Crippen molar-refractivity contribution in [3.05, 3.63) is 29.8 Å². The van der Waals surface area contributed by atoms with Gasteiger partial charge in [-0.05, 0) is 31.2 Å². The summed E-state index contributed by atoms with van der Waals surface area (Å²) >= 11 is 0. The molecule has 1 aromatic rings. The lowest BCUT2D eigenvalue weighted by Crippen LogP contribution is -2.28. The number of ether oxygens (including phenoxy) is 1. The van der Waals surface area contributed by atoms with Crippen molar-refractivity contribution in [3.8, 4) is 5.75 Å². The van der Waals surface area contributed by atoms with Crippen molar-refractivity contribution in [1.29, 1.82) is 0 Å². The average Bonchev–Trinajstić information content (AvgIpc) is 2.77. The second-order valence-electron chi connectivity index (χ2n) is 4.70. The highest BCUT2D eigenvalue weighted by molar-refractivity contribution is 5.81. The Bertz CT molecular complexity index is 386. The van der Waals surface area contributed by atoms with Crippen molar-refractivity contribution in [2.75, 3.05) is 14.2 Å². The maximum Gasteiger partial charge on any atom is 0.134 e. The SMILES string of the molecule is COc1ccc(CN(C)C2CCC(=O)C2)cc1. The normalized spacial score (nSPS) is 19.9. The fourth-order valence-electron chi connectivity index (χ4n) is 2.32. The van der Waals surface area contributed by atoms with Crippen LogP contribution in [0.3, 0.4) is 0 Å². The van der Waals surface area contributed by atoms with Gasteiger partial charge in [-0.2, -0.15) is 0 Å². The van der Waals surface area contributed by atoms with Crippen LogP contribution in [0.1, 0.15) is 24.8 Å². The smallest absolute Gasteiger partial charge is 0.134 e. The van der Waals surface area contributed by atoms with E-state index in [2.05, 4.69) is 24.1 Å². The predicted octanol–water partition coefficient (Wildman–Crippen LogP) is 2.25. The average molecular weight is 233 g/mol. The molecule has 1 fully saturated rings. The number of rotatable bonds is 4. The number of methoxy groups -OCH3 is 1. The van der Waals surface area contributed by atoms with Crippen molar-refractivity contribution in [2.45, 2.75) is 31.8 Å². The van der Waals surface area contributed by atoms with E-state index in [1.54, 1.807) is 7.11 Å². The number of hydrogen-bond donors (Lipinski definition) is 0. The Labute approximate surface area is 102 Å². The fraction of sp³-hybridized carbons (Fsp3) is 0.500. The van der Waals surface area contributed by atoms with Crippen LogP contribution in [0.5, 0.6) is 5.75 Å². The van der Waals surface area contributed by atoms with E-state index < -0.39 is 0 Å². The topological polar surface area (TPSA) is 29.5 Å². The molecule has 1 aliphatic rings. The van der Waals surface area contributed by atoms with E-state index in [0.717, 1.165) is 25.1 Å². The summed E-state index contributed by atoms with van der Waals surface area (Å²) in [7, 11) is 3.76. The molecule has 0 aromatic heterocycles. The van der Waals surface area contributed by atoms with Crippen LogP contribution in [-0.2, 0) is 11.3 Å². The van der Waals surface area contributed by atoms with Gasteiger partial charge in [-0.3, -0.25) is 9.69 Å². The molecule has 3 heteroatoms. The molecule has 0 spiro atoms. The molecular formula is C14H19NO2. The zero-order valence-corrected chi connectivity index (χ0v) is 10.5. The third kappa shape index (κ3) is 3.07. The fourth-order valence-corrected chi connectivity index (χ4v) is 2.32. The van der Waals surface area contributed by atoms with Crippen LogP contribution >= 0.6 is 0 Å². The number of Topliss-reactive ketones (excluding diaryl/α,β-unsaturated/α-hetero) is 1. The van der Waals surface area contributed by atoms with Gasteiger partial charge in [-0.25, -0.2) is 0 Å². The van der Waals surface area contributed by atoms with E-state index in [1.807, 2.05) is 12.1 Å². The summed E-state index contributed by atoms with van der Waals surface area (Å²) in [4.78, 5) is 13.5. The van der Waals surface area contributed by atoms with Gasteiger partial charge in [0.05, 0.1) is 7.11 Å². The Kier molecular flexibility index (Phi) is 3.79. The lowest BCUT2D eigenvalue weighted by molar-refractivity contribution is -0.117. The van der Waals surface area contributed by atoms with Gasteiger partial charge in [0.1, 0.15) is 11.5 Å². The van der Waals surface area contributed by atoms with Gasteiger partial charge in [0, 0.05) is 25.4 Å². The van der Waals surface area contributed by atoms with Crippen molar-refractivity contribution < 1.29 is 9.53 Å². The van der Waals surface area contributed by atoms with E-state index >= 15 is 0 Å². The summed E-state index contributed by atoms with van der Waals surface area (Å²) in [5.74, 6) is 1.28. The molecule has 3 nitrogen and oxygen atoms in total. The third-order valence-corrected chi connectivity index (χ3v) is 3.43. The van der Waals surface area contributed by atoms with Crippen LogP contribution in [0.2, 0.25) is 0 Å². The first-order chi connectivity index (χ1) is 8.19. The Morgan fingerprint density at radius 2 is 2.06 bits per heavy atom. The number of hydrogen-bond acceptors (Lipinski definition) is 3. The van der Waals surface area contributed by atoms with Crippen molar-refractivity contribution in [3.63, 3.8) is 0 Å². The first-order valence-corrected chi connectivity index (χ1v) is 6.04. The van der Waals surface area contributed by atoms with Crippen LogP contribution in [0, 0.1) is 0 Å². The molecule has 0 bridgehead atoms. The van der Waals surface area contributed by atoms with Gasteiger partial charge < -0.3 is 4.74 Å². The summed E-state index contributed by atoms with van der Waals surface area (Å²) in [5, 5.41) is 0. The molecule has 0 heterocycles. The van der Waals surface area contributed by atoms with Gasteiger partial charge in [0.15, 0.2) is 0 Å². The molecule has 1 unspecified atom stereocenters. The monoisotopic (exact) mass is 233 g/mol. The summed E-state index contributed by atoms with van der Waals surface area (Å²) in [6, 6.07) is 8.52. The minimum Gasteiger partial charge on any atom is -0.497 e. The molecule has 1 aliphatic carbocycles.